The fraction of sp³-hybridized carbons (Fsp3) is 0.150. The highest BCUT2D eigenvalue weighted by atomic mass is 79.9. The van der Waals surface area contributed by atoms with Crippen molar-refractivity contribution in [3.8, 4) is 6.07 Å². The van der Waals surface area contributed by atoms with Gasteiger partial charge in [0.2, 0.25) is 11.8 Å². The van der Waals surface area contributed by atoms with Gasteiger partial charge in [0.25, 0.3) is 5.69 Å². The molecule has 10 heteroatoms. The Bertz CT molecular complexity index is 1080. The van der Waals surface area contributed by atoms with E-state index >= 15 is 0 Å². The van der Waals surface area contributed by atoms with Crippen LogP contribution in [-0.4, -0.2) is 22.5 Å². The van der Waals surface area contributed by atoms with E-state index in [0.717, 1.165) is 16.2 Å². The summed E-state index contributed by atoms with van der Waals surface area (Å²) in [6.45, 7) is 0. The van der Waals surface area contributed by atoms with Crippen LogP contribution in [0.2, 0.25) is 0 Å². The van der Waals surface area contributed by atoms with Crippen LogP contribution in [0, 0.1) is 21.4 Å². The molecule has 3 rings (SSSR count). The number of halogens is 1. The van der Waals surface area contributed by atoms with Gasteiger partial charge in [-0.2, -0.15) is 5.26 Å². The molecule has 152 valence electrons. The number of hydrogen-bond donors (Lipinski definition) is 2. The van der Waals surface area contributed by atoms with Gasteiger partial charge < -0.3 is 10.6 Å². The number of hydrogen-bond acceptors (Lipinski definition) is 6. The van der Waals surface area contributed by atoms with Crippen molar-refractivity contribution in [2.75, 3.05) is 11.1 Å². The van der Waals surface area contributed by atoms with E-state index in [-0.39, 0.29) is 40.3 Å². The van der Waals surface area contributed by atoms with E-state index in [1.54, 1.807) is 36.4 Å². The Labute approximate surface area is 184 Å². The maximum atomic E-state index is 12.3. The average Bonchev–Trinajstić information content (AvgIpc) is 2.73. The number of benzene rings is 2. The van der Waals surface area contributed by atoms with Crippen LogP contribution < -0.4 is 10.6 Å². The highest BCUT2D eigenvalue weighted by molar-refractivity contribution is 9.10. The summed E-state index contributed by atoms with van der Waals surface area (Å²) in [6.07, 6.45) is -0.0805. The van der Waals surface area contributed by atoms with Crippen LogP contribution in [0.5, 0.6) is 0 Å². The molecule has 0 saturated carbocycles. The van der Waals surface area contributed by atoms with Crippen LogP contribution in [0.15, 0.2) is 63.6 Å². The Morgan fingerprint density at radius 1 is 1.30 bits per heavy atom. The molecule has 1 aliphatic heterocycles. The number of amides is 2. The van der Waals surface area contributed by atoms with Gasteiger partial charge in [-0.15, -0.1) is 0 Å². The molecule has 8 nitrogen and oxygen atoms in total. The number of nitrogens with zero attached hydrogens (tertiary/aromatic N) is 2. The predicted octanol–water partition coefficient (Wildman–Crippen LogP) is 4.07. The second-order valence-corrected chi connectivity index (χ2v) is 8.22. The van der Waals surface area contributed by atoms with Crippen LogP contribution in [0.1, 0.15) is 17.9 Å². The van der Waals surface area contributed by atoms with E-state index in [2.05, 4.69) is 32.6 Å². The molecule has 2 amide bonds. The SMILES string of the molecule is N#CC1=C(SCC(=O)Nc2ccc(Br)cc2)NC(=O)C[C@H]1c1ccccc1[N+](=O)[O-]. The third-order valence-corrected chi connectivity index (χ3v) is 5.89. The van der Waals surface area contributed by atoms with Crippen molar-refractivity contribution in [2.45, 2.75) is 12.3 Å². The lowest BCUT2D eigenvalue weighted by Crippen LogP contribution is -2.31. The number of nitriles is 1. The highest BCUT2D eigenvalue weighted by Gasteiger charge is 2.33. The second-order valence-electron chi connectivity index (χ2n) is 6.32. The summed E-state index contributed by atoms with van der Waals surface area (Å²) in [7, 11) is 0. The van der Waals surface area contributed by atoms with E-state index in [1.807, 2.05) is 0 Å². The van der Waals surface area contributed by atoms with Gasteiger partial charge in [0.1, 0.15) is 0 Å². The lowest BCUT2D eigenvalue weighted by Gasteiger charge is -2.24. The fourth-order valence-electron chi connectivity index (χ4n) is 3.02. The van der Waals surface area contributed by atoms with Gasteiger partial charge in [-0.05, 0) is 24.3 Å². The van der Waals surface area contributed by atoms with Gasteiger partial charge in [-0.25, -0.2) is 0 Å². The smallest absolute Gasteiger partial charge is 0.273 e. The Kier molecular flexibility index (Phi) is 6.87. The molecule has 0 unspecified atom stereocenters. The molecule has 2 aromatic carbocycles. The van der Waals surface area contributed by atoms with E-state index in [4.69, 9.17) is 0 Å². The van der Waals surface area contributed by atoms with Crippen LogP contribution in [0.3, 0.4) is 0 Å². The average molecular weight is 487 g/mol. The monoisotopic (exact) mass is 486 g/mol. The Morgan fingerprint density at radius 3 is 2.67 bits per heavy atom. The molecule has 0 aliphatic carbocycles. The lowest BCUT2D eigenvalue weighted by atomic mass is 9.86. The molecule has 0 saturated heterocycles. The van der Waals surface area contributed by atoms with Crippen molar-refractivity contribution in [3.05, 3.63) is 79.3 Å². The van der Waals surface area contributed by atoms with E-state index in [0.29, 0.717) is 11.3 Å². The number of anilines is 1. The lowest BCUT2D eigenvalue weighted by molar-refractivity contribution is -0.385. The number of thioether (sulfide) groups is 1. The van der Waals surface area contributed by atoms with Crippen molar-refractivity contribution in [1.29, 1.82) is 5.26 Å². The molecule has 0 aromatic heterocycles. The minimum absolute atomic E-state index is 0.0412. The molecule has 0 spiro atoms. The molecule has 1 aliphatic rings. The number of carbonyl (C=O) groups excluding carboxylic acids is 2. The summed E-state index contributed by atoms with van der Waals surface area (Å²) in [5.74, 6) is -1.47. The van der Waals surface area contributed by atoms with Crippen molar-refractivity contribution >= 4 is 50.9 Å². The van der Waals surface area contributed by atoms with Gasteiger partial charge in [0, 0.05) is 34.1 Å². The summed E-state index contributed by atoms with van der Waals surface area (Å²) in [4.78, 5) is 35.3. The molecule has 2 N–H and O–H groups in total. The Balaban J connectivity index is 1.81. The molecular weight excluding hydrogens is 472 g/mol. The minimum Gasteiger partial charge on any atom is -0.325 e. The molecular formula is C20H15BrN4O4S. The number of nitro groups is 1. The highest BCUT2D eigenvalue weighted by Crippen LogP contribution is 2.39. The summed E-state index contributed by atoms with van der Waals surface area (Å²) in [6, 6.07) is 15.1. The third-order valence-electron chi connectivity index (χ3n) is 4.34. The first-order valence-corrected chi connectivity index (χ1v) is 10.5. The zero-order valence-electron chi connectivity index (χ0n) is 15.4. The number of rotatable bonds is 6. The predicted molar refractivity (Wildman–Crippen MR) is 116 cm³/mol. The molecule has 30 heavy (non-hydrogen) atoms. The fourth-order valence-corrected chi connectivity index (χ4v) is 4.16. The molecule has 0 bridgehead atoms. The number of nitro benzene ring substituents is 1. The van der Waals surface area contributed by atoms with Crippen LogP contribution in [0.25, 0.3) is 0 Å². The largest absolute Gasteiger partial charge is 0.325 e. The molecule has 1 atom stereocenters. The topological polar surface area (TPSA) is 125 Å². The number of para-hydroxylation sites is 1. The summed E-state index contributed by atoms with van der Waals surface area (Å²) < 4.78 is 0.879. The van der Waals surface area contributed by atoms with Crippen LogP contribution in [-0.2, 0) is 9.59 Å². The van der Waals surface area contributed by atoms with Gasteiger partial charge in [0.05, 0.1) is 27.3 Å². The maximum Gasteiger partial charge on any atom is 0.273 e. The quantitative estimate of drug-likeness (QED) is 0.468. The first kappa shape index (κ1) is 21.5. The van der Waals surface area contributed by atoms with Gasteiger partial charge in [-0.1, -0.05) is 45.9 Å². The number of allylic oxidation sites excluding steroid dienone is 1. The van der Waals surface area contributed by atoms with Crippen molar-refractivity contribution < 1.29 is 14.5 Å². The first-order chi connectivity index (χ1) is 14.4. The molecule has 1 heterocycles. The van der Waals surface area contributed by atoms with E-state index in [9.17, 15) is 25.0 Å². The first-order valence-electron chi connectivity index (χ1n) is 8.74. The summed E-state index contributed by atoms with van der Waals surface area (Å²) in [5, 5.41) is 26.7. The normalized spacial score (nSPS) is 15.9. The molecule has 0 radical (unpaired) electrons. The van der Waals surface area contributed by atoms with Crippen molar-refractivity contribution in [3.63, 3.8) is 0 Å². The third kappa shape index (κ3) is 5.06. The van der Waals surface area contributed by atoms with Crippen LogP contribution >= 0.6 is 27.7 Å². The van der Waals surface area contributed by atoms with Crippen LogP contribution in [0.4, 0.5) is 11.4 Å². The van der Waals surface area contributed by atoms with Crippen molar-refractivity contribution in [1.82, 2.24) is 5.32 Å². The van der Waals surface area contributed by atoms with Gasteiger partial charge in [0.15, 0.2) is 0 Å². The molecule has 0 fully saturated rings. The van der Waals surface area contributed by atoms with Gasteiger partial charge in [-0.3, -0.25) is 19.7 Å². The van der Waals surface area contributed by atoms with Gasteiger partial charge >= 0.3 is 0 Å². The summed E-state index contributed by atoms with van der Waals surface area (Å²) in [5.41, 5.74) is 0.961. The number of carbonyl (C=O) groups is 2. The number of nitrogens with one attached hydrogen (secondary N) is 2. The van der Waals surface area contributed by atoms with Crippen molar-refractivity contribution in [2.24, 2.45) is 0 Å². The standard InChI is InChI=1S/C20H15BrN4O4S/c21-12-5-7-13(8-6-12)23-19(27)11-30-20-16(10-22)15(9-18(26)24-20)14-3-1-2-4-17(14)25(28)29/h1-8,15H,9,11H2,(H,23,27)(H,24,26)/t15-/m0/s1. The van der Waals surface area contributed by atoms with E-state index in [1.165, 1.54) is 12.1 Å². The summed E-state index contributed by atoms with van der Waals surface area (Å²) >= 11 is 4.33. The Hall–Kier alpha value is -3.16. The zero-order chi connectivity index (χ0) is 21.7. The second kappa shape index (κ2) is 9.56. The molecule has 2 aromatic rings. The van der Waals surface area contributed by atoms with E-state index < -0.39 is 10.8 Å². The Morgan fingerprint density at radius 2 is 2.00 bits per heavy atom. The minimum atomic E-state index is -0.748. The maximum absolute atomic E-state index is 12.3. The zero-order valence-corrected chi connectivity index (χ0v) is 17.8.